The molecule has 1 aromatic carbocycles. The smallest absolute Gasteiger partial charge is 0.480 e. The van der Waals surface area contributed by atoms with Crippen LogP contribution in [0.15, 0.2) is 30.3 Å². The van der Waals surface area contributed by atoms with Gasteiger partial charge >= 0.3 is 18.1 Å². The molecule has 0 aliphatic carbocycles. The van der Waals surface area contributed by atoms with E-state index in [0.717, 1.165) is 19.5 Å². The molecule has 2 atom stereocenters. The number of halogens is 3. The second-order valence-corrected chi connectivity index (χ2v) is 6.85. The van der Waals surface area contributed by atoms with Crippen molar-refractivity contribution in [3.05, 3.63) is 35.9 Å². The van der Waals surface area contributed by atoms with Gasteiger partial charge < -0.3 is 19.8 Å². The summed E-state index contributed by atoms with van der Waals surface area (Å²) >= 11 is 0. The van der Waals surface area contributed by atoms with Gasteiger partial charge in [0, 0.05) is 31.2 Å². The van der Waals surface area contributed by atoms with Crippen molar-refractivity contribution in [3.63, 3.8) is 0 Å². The Labute approximate surface area is 170 Å². The Bertz CT molecular complexity index is 738. The molecule has 1 aromatic rings. The van der Waals surface area contributed by atoms with Crippen molar-refractivity contribution in [3.8, 4) is 0 Å². The van der Waals surface area contributed by atoms with Crippen molar-refractivity contribution in [1.29, 1.82) is 0 Å². The maximum Gasteiger partial charge on any atom is 0.490 e. The van der Waals surface area contributed by atoms with E-state index >= 15 is 0 Å². The molecule has 0 aromatic heterocycles. The lowest BCUT2D eigenvalue weighted by atomic mass is 9.94. The highest BCUT2D eigenvalue weighted by molar-refractivity contribution is 5.96. The molecule has 2 heterocycles. The van der Waals surface area contributed by atoms with Crippen LogP contribution in [0.3, 0.4) is 0 Å². The average molecular weight is 432 g/mol. The van der Waals surface area contributed by atoms with Crippen LogP contribution in [0.5, 0.6) is 0 Å². The maximum atomic E-state index is 12.6. The molecule has 1 amide bonds. The second-order valence-electron chi connectivity index (χ2n) is 6.85. The first-order valence-corrected chi connectivity index (χ1v) is 9.32. The molecule has 0 spiro atoms. The van der Waals surface area contributed by atoms with Crippen LogP contribution in [-0.4, -0.2) is 89.0 Å². The molecule has 11 heteroatoms. The molecule has 2 aliphatic rings. The van der Waals surface area contributed by atoms with Crippen LogP contribution in [0.25, 0.3) is 0 Å². The summed E-state index contributed by atoms with van der Waals surface area (Å²) in [5, 5.41) is 16.7. The number of hydrogen-bond acceptors (Lipinski definition) is 5. The van der Waals surface area contributed by atoms with Crippen molar-refractivity contribution in [2.45, 2.75) is 31.1 Å². The predicted molar refractivity (Wildman–Crippen MR) is 98.0 cm³/mol. The molecule has 0 bridgehead atoms. The third-order valence-electron chi connectivity index (χ3n) is 4.95. The number of carbonyl (C=O) groups excluding carboxylic acids is 1. The molecule has 3 rings (SSSR count). The Kier molecular flexibility index (Phi) is 8.18. The van der Waals surface area contributed by atoms with E-state index in [9.17, 15) is 27.9 Å². The van der Waals surface area contributed by atoms with Gasteiger partial charge in [0.25, 0.3) is 5.91 Å². The molecule has 0 saturated carbocycles. The third-order valence-corrected chi connectivity index (χ3v) is 4.95. The normalized spacial score (nSPS) is 22.6. The number of alkyl halides is 3. The third kappa shape index (κ3) is 6.42. The Morgan fingerprint density at radius 1 is 1.00 bits per heavy atom. The van der Waals surface area contributed by atoms with Gasteiger partial charge in [-0.2, -0.15) is 13.2 Å². The van der Waals surface area contributed by atoms with Gasteiger partial charge in [-0.05, 0) is 25.0 Å². The molecule has 0 radical (unpaired) electrons. The first kappa shape index (κ1) is 23.6. The highest BCUT2D eigenvalue weighted by Gasteiger charge is 2.39. The minimum Gasteiger partial charge on any atom is -0.480 e. The fourth-order valence-corrected chi connectivity index (χ4v) is 3.44. The summed E-state index contributed by atoms with van der Waals surface area (Å²) in [5.41, 5.74) is 0.545. The van der Waals surface area contributed by atoms with E-state index in [4.69, 9.17) is 14.6 Å². The van der Waals surface area contributed by atoms with Gasteiger partial charge in [0.05, 0.1) is 13.2 Å². The molecule has 8 nitrogen and oxygen atoms in total. The number of morpholine rings is 1. The fraction of sp³-hybridized carbons (Fsp3) is 0.526. The van der Waals surface area contributed by atoms with Crippen LogP contribution in [0.1, 0.15) is 23.2 Å². The number of amides is 1. The number of carboxylic acid groups (broad SMARTS) is 2. The molecular formula is C19H23F3N2O6. The number of ether oxygens (including phenoxy) is 1. The quantitative estimate of drug-likeness (QED) is 0.749. The Balaban J connectivity index is 0.000000396. The zero-order valence-electron chi connectivity index (χ0n) is 16.0. The number of carbonyl (C=O) groups is 3. The lowest BCUT2D eigenvalue weighted by molar-refractivity contribution is -0.192. The zero-order chi connectivity index (χ0) is 22.3. The Morgan fingerprint density at radius 2 is 1.57 bits per heavy atom. The van der Waals surface area contributed by atoms with E-state index in [0.29, 0.717) is 31.7 Å². The SMILES string of the molecule is O=C(O)C(F)(F)F.O=C(O)C1CC(N2CCOCC2)CCN1C(=O)c1ccccc1. The largest absolute Gasteiger partial charge is 0.490 e. The van der Waals surface area contributed by atoms with E-state index in [1.54, 1.807) is 24.3 Å². The number of rotatable bonds is 3. The van der Waals surface area contributed by atoms with E-state index in [-0.39, 0.29) is 11.9 Å². The predicted octanol–water partition coefficient (Wildman–Crippen LogP) is 1.71. The maximum absolute atomic E-state index is 12.6. The van der Waals surface area contributed by atoms with E-state index in [1.807, 2.05) is 6.07 Å². The van der Waals surface area contributed by atoms with Crippen LogP contribution >= 0.6 is 0 Å². The van der Waals surface area contributed by atoms with Crippen LogP contribution in [0, 0.1) is 0 Å². The first-order chi connectivity index (χ1) is 14.1. The van der Waals surface area contributed by atoms with Gasteiger partial charge in [0.15, 0.2) is 0 Å². The Hall–Kier alpha value is -2.66. The van der Waals surface area contributed by atoms with Crippen molar-refractivity contribution >= 4 is 17.8 Å². The molecule has 2 aliphatic heterocycles. The lowest BCUT2D eigenvalue weighted by Gasteiger charge is -2.43. The van der Waals surface area contributed by atoms with Gasteiger partial charge in [-0.3, -0.25) is 9.69 Å². The lowest BCUT2D eigenvalue weighted by Crippen LogP contribution is -2.56. The summed E-state index contributed by atoms with van der Waals surface area (Å²) in [6, 6.07) is 8.34. The molecule has 30 heavy (non-hydrogen) atoms. The summed E-state index contributed by atoms with van der Waals surface area (Å²) in [5.74, 6) is -3.88. The van der Waals surface area contributed by atoms with Crippen LogP contribution in [0.2, 0.25) is 0 Å². The summed E-state index contributed by atoms with van der Waals surface area (Å²) in [7, 11) is 0. The standard InChI is InChI=1S/C17H22N2O4.C2HF3O2/c20-16(13-4-2-1-3-5-13)19-7-6-14(12-15(19)17(21)22)18-8-10-23-11-9-18;3-2(4,5)1(6)7/h1-5,14-15H,6-12H2,(H,21,22);(H,6,7). The number of piperidine rings is 1. The van der Waals surface area contributed by atoms with Crippen molar-refractivity contribution < 1.29 is 42.5 Å². The second kappa shape index (κ2) is 10.4. The van der Waals surface area contributed by atoms with E-state index in [2.05, 4.69) is 4.90 Å². The summed E-state index contributed by atoms with van der Waals surface area (Å²) < 4.78 is 37.1. The van der Waals surface area contributed by atoms with Crippen molar-refractivity contribution in [2.24, 2.45) is 0 Å². The number of nitrogens with zero attached hydrogens (tertiary/aromatic N) is 2. The van der Waals surface area contributed by atoms with Gasteiger partial charge in [-0.15, -0.1) is 0 Å². The molecule has 2 N–H and O–H groups in total. The topological polar surface area (TPSA) is 107 Å². The van der Waals surface area contributed by atoms with E-state index in [1.165, 1.54) is 4.90 Å². The molecule has 2 unspecified atom stereocenters. The van der Waals surface area contributed by atoms with Gasteiger partial charge in [0.1, 0.15) is 6.04 Å². The summed E-state index contributed by atoms with van der Waals surface area (Å²) in [4.78, 5) is 37.0. The minimum absolute atomic E-state index is 0.196. The first-order valence-electron chi connectivity index (χ1n) is 9.32. The van der Waals surface area contributed by atoms with Crippen LogP contribution in [-0.2, 0) is 14.3 Å². The fourth-order valence-electron chi connectivity index (χ4n) is 3.44. The monoisotopic (exact) mass is 432 g/mol. The van der Waals surface area contributed by atoms with Crippen molar-refractivity contribution in [2.75, 3.05) is 32.8 Å². The Morgan fingerprint density at radius 3 is 2.07 bits per heavy atom. The number of likely N-dealkylation sites (tertiary alicyclic amines) is 1. The zero-order valence-corrected chi connectivity index (χ0v) is 16.0. The summed E-state index contributed by atoms with van der Waals surface area (Å²) in [6.45, 7) is 3.54. The van der Waals surface area contributed by atoms with Gasteiger partial charge in [0.2, 0.25) is 0 Å². The summed E-state index contributed by atoms with van der Waals surface area (Å²) in [6.07, 6.45) is -3.80. The highest BCUT2D eigenvalue weighted by Crippen LogP contribution is 2.24. The average Bonchev–Trinajstić information content (AvgIpc) is 2.74. The number of aliphatic carboxylic acids is 2. The highest BCUT2D eigenvalue weighted by atomic mass is 19.4. The number of hydrogen-bond donors (Lipinski definition) is 2. The minimum atomic E-state index is -5.08. The molecule has 166 valence electrons. The van der Waals surface area contributed by atoms with Crippen LogP contribution < -0.4 is 0 Å². The van der Waals surface area contributed by atoms with Crippen LogP contribution in [0.4, 0.5) is 13.2 Å². The molecule has 2 fully saturated rings. The van der Waals surface area contributed by atoms with E-state index < -0.39 is 24.2 Å². The number of benzene rings is 1. The van der Waals surface area contributed by atoms with Gasteiger partial charge in [-0.25, -0.2) is 9.59 Å². The molecule has 2 saturated heterocycles. The van der Waals surface area contributed by atoms with Crippen molar-refractivity contribution in [1.82, 2.24) is 9.80 Å². The van der Waals surface area contributed by atoms with Gasteiger partial charge in [-0.1, -0.05) is 18.2 Å². The molecular weight excluding hydrogens is 409 g/mol. The number of carboxylic acids is 2.